The summed E-state index contributed by atoms with van der Waals surface area (Å²) in [6.45, 7) is 11.9. The Bertz CT molecular complexity index is 533. The van der Waals surface area contributed by atoms with E-state index in [0.29, 0.717) is 11.8 Å². The third-order valence-electron chi connectivity index (χ3n) is 3.58. The lowest BCUT2D eigenvalue weighted by Gasteiger charge is -2.06. The average Bonchev–Trinajstić information content (AvgIpc) is 2.83. The molecule has 0 aliphatic heterocycles. The molecule has 0 radical (unpaired) electrons. The van der Waals surface area contributed by atoms with Crippen LogP contribution >= 0.6 is 0 Å². The number of aryl methyl sites for hydroxylation is 1. The summed E-state index contributed by atoms with van der Waals surface area (Å²) in [7, 11) is 0. The van der Waals surface area contributed by atoms with Crippen LogP contribution in [0.25, 0.3) is 11.3 Å². The molecule has 0 N–H and O–H groups in total. The molecule has 0 aliphatic carbocycles. The third kappa shape index (κ3) is 2.89. The van der Waals surface area contributed by atoms with Gasteiger partial charge < -0.3 is 0 Å². The molecular formula is C17H24N2. The van der Waals surface area contributed by atoms with E-state index in [0.717, 1.165) is 12.2 Å². The predicted molar refractivity (Wildman–Crippen MR) is 81.5 cm³/mol. The molecule has 19 heavy (non-hydrogen) atoms. The van der Waals surface area contributed by atoms with Crippen molar-refractivity contribution in [2.75, 3.05) is 0 Å². The summed E-state index contributed by atoms with van der Waals surface area (Å²) in [4.78, 5) is 0. The molecule has 0 fully saturated rings. The van der Waals surface area contributed by atoms with Crippen LogP contribution in [0.2, 0.25) is 0 Å². The second-order valence-corrected chi connectivity index (χ2v) is 5.70. The van der Waals surface area contributed by atoms with E-state index in [4.69, 9.17) is 5.10 Å². The van der Waals surface area contributed by atoms with Crippen LogP contribution in [0.4, 0.5) is 0 Å². The lowest BCUT2D eigenvalue weighted by Crippen LogP contribution is -2.03. The lowest BCUT2D eigenvalue weighted by atomic mass is 10.0. The maximum absolute atomic E-state index is 4.71. The van der Waals surface area contributed by atoms with Crippen LogP contribution in [0.15, 0.2) is 30.3 Å². The van der Waals surface area contributed by atoms with Crippen LogP contribution < -0.4 is 0 Å². The number of aromatic nitrogens is 2. The first-order valence-electron chi connectivity index (χ1n) is 7.21. The van der Waals surface area contributed by atoms with Crippen LogP contribution in [0.1, 0.15) is 57.7 Å². The Kier molecular flexibility index (Phi) is 4.08. The predicted octanol–water partition coefficient (Wildman–Crippen LogP) is 4.82. The van der Waals surface area contributed by atoms with Gasteiger partial charge in [-0.2, -0.15) is 5.10 Å². The van der Waals surface area contributed by atoms with Gasteiger partial charge in [-0.05, 0) is 30.4 Å². The van der Waals surface area contributed by atoms with Gasteiger partial charge in [-0.15, -0.1) is 0 Å². The van der Waals surface area contributed by atoms with Gasteiger partial charge in [0.1, 0.15) is 0 Å². The Morgan fingerprint density at radius 1 is 1.00 bits per heavy atom. The Morgan fingerprint density at radius 3 is 2.05 bits per heavy atom. The zero-order valence-corrected chi connectivity index (χ0v) is 12.6. The van der Waals surface area contributed by atoms with E-state index in [1.807, 2.05) is 0 Å². The van der Waals surface area contributed by atoms with Gasteiger partial charge in [0.15, 0.2) is 0 Å². The molecule has 1 aromatic heterocycles. The van der Waals surface area contributed by atoms with Gasteiger partial charge in [-0.1, -0.05) is 52.0 Å². The van der Waals surface area contributed by atoms with E-state index < -0.39 is 0 Å². The van der Waals surface area contributed by atoms with Crippen molar-refractivity contribution < 1.29 is 0 Å². The fraction of sp³-hybridized carbons (Fsp3) is 0.471. The van der Waals surface area contributed by atoms with Gasteiger partial charge >= 0.3 is 0 Å². The minimum atomic E-state index is 0.510. The van der Waals surface area contributed by atoms with Crippen LogP contribution in [0.5, 0.6) is 0 Å². The molecule has 2 aromatic rings. The number of hydrogen-bond acceptors (Lipinski definition) is 1. The molecule has 0 unspecified atom stereocenters. The van der Waals surface area contributed by atoms with Crippen molar-refractivity contribution >= 4 is 0 Å². The van der Waals surface area contributed by atoms with E-state index >= 15 is 0 Å². The number of benzene rings is 1. The summed E-state index contributed by atoms with van der Waals surface area (Å²) >= 11 is 0. The number of hydrogen-bond donors (Lipinski definition) is 0. The summed E-state index contributed by atoms with van der Waals surface area (Å²) in [6, 6.07) is 11.0. The van der Waals surface area contributed by atoms with Crippen molar-refractivity contribution in [2.45, 2.75) is 53.0 Å². The van der Waals surface area contributed by atoms with Gasteiger partial charge in [-0.25, -0.2) is 0 Å². The van der Waals surface area contributed by atoms with Crippen LogP contribution in [0.3, 0.4) is 0 Å². The Hall–Kier alpha value is -1.57. The highest BCUT2D eigenvalue weighted by atomic mass is 15.3. The summed E-state index contributed by atoms with van der Waals surface area (Å²) < 4.78 is 2.11. The molecule has 0 bridgehead atoms. The zero-order chi connectivity index (χ0) is 14.0. The van der Waals surface area contributed by atoms with E-state index in [2.05, 4.69) is 69.6 Å². The van der Waals surface area contributed by atoms with Gasteiger partial charge in [0.25, 0.3) is 0 Å². The average molecular weight is 256 g/mol. The molecule has 1 heterocycles. The highest BCUT2D eigenvalue weighted by molar-refractivity contribution is 5.60. The van der Waals surface area contributed by atoms with Crippen LogP contribution in [0, 0.1) is 0 Å². The molecule has 0 saturated heterocycles. The van der Waals surface area contributed by atoms with Crippen LogP contribution in [-0.2, 0) is 6.54 Å². The number of nitrogens with zero attached hydrogens (tertiary/aromatic N) is 2. The molecular weight excluding hydrogens is 232 g/mol. The summed E-state index contributed by atoms with van der Waals surface area (Å²) in [5.74, 6) is 1.09. The molecule has 0 aliphatic rings. The van der Waals surface area contributed by atoms with Crippen molar-refractivity contribution in [1.29, 1.82) is 0 Å². The quantitative estimate of drug-likeness (QED) is 0.767. The molecule has 2 rings (SSSR count). The fourth-order valence-electron chi connectivity index (χ4n) is 2.33. The van der Waals surface area contributed by atoms with Gasteiger partial charge in [0.05, 0.1) is 5.69 Å². The SMILES string of the molecule is CCn1nc(-c2ccc(C(C)C)cc2)cc1C(C)C. The summed E-state index contributed by atoms with van der Waals surface area (Å²) in [5.41, 5.74) is 4.98. The van der Waals surface area contributed by atoms with Gasteiger partial charge in [0.2, 0.25) is 0 Å². The van der Waals surface area contributed by atoms with Crippen molar-refractivity contribution in [3.63, 3.8) is 0 Å². The largest absolute Gasteiger partial charge is 0.269 e. The van der Waals surface area contributed by atoms with E-state index in [1.54, 1.807) is 0 Å². The maximum Gasteiger partial charge on any atom is 0.0926 e. The molecule has 0 saturated carbocycles. The first-order chi connectivity index (χ1) is 9.02. The van der Waals surface area contributed by atoms with E-state index in [1.165, 1.54) is 16.8 Å². The lowest BCUT2D eigenvalue weighted by molar-refractivity contribution is 0.599. The van der Waals surface area contributed by atoms with Gasteiger partial charge in [0, 0.05) is 17.8 Å². The van der Waals surface area contributed by atoms with Gasteiger partial charge in [-0.3, -0.25) is 4.68 Å². The molecule has 102 valence electrons. The number of rotatable bonds is 4. The van der Waals surface area contributed by atoms with Crippen molar-refractivity contribution in [1.82, 2.24) is 9.78 Å². The molecule has 2 heteroatoms. The van der Waals surface area contributed by atoms with E-state index in [9.17, 15) is 0 Å². The monoisotopic (exact) mass is 256 g/mol. The molecule has 0 amide bonds. The van der Waals surface area contributed by atoms with Crippen molar-refractivity contribution in [3.05, 3.63) is 41.6 Å². The Balaban J connectivity index is 2.36. The zero-order valence-electron chi connectivity index (χ0n) is 12.6. The second kappa shape index (κ2) is 5.60. The van der Waals surface area contributed by atoms with Crippen molar-refractivity contribution in [2.24, 2.45) is 0 Å². The molecule has 0 atom stereocenters. The topological polar surface area (TPSA) is 17.8 Å². The molecule has 1 aromatic carbocycles. The smallest absolute Gasteiger partial charge is 0.0926 e. The summed E-state index contributed by atoms with van der Waals surface area (Å²) in [6.07, 6.45) is 0. The highest BCUT2D eigenvalue weighted by Gasteiger charge is 2.11. The minimum Gasteiger partial charge on any atom is -0.269 e. The normalized spacial score (nSPS) is 11.5. The Labute approximate surface area is 116 Å². The maximum atomic E-state index is 4.71. The second-order valence-electron chi connectivity index (χ2n) is 5.70. The Morgan fingerprint density at radius 2 is 1.63 bits per heavy atom. The first kappa shape index (κ1) is 13.9. The van der Waals surface area contributed by atoms with Crippen molar-refractivity contribution in [3.8, 4) is 11.3 Å². The van der Waals surface area contributed by atoms with Crippen LogP contribution in [-0.4, -0.2) is 9.78 Å². The minimum absolute atomic E-state index is 0.510. The molecule has 0 spiro atoms. The molecule has 2 nitrogen and oxygen atoms in total. The third-order valence-corrected chi connectivity index (χ3v) is 3.58. The van der Waals surface area contributed by atoms with E-state index in [-0.39, 0.29) is 0 Å². The first-order valence-corrected chi connectivity index (χ1v) is 7.21. The fourth-order valence-corrected chi connectivity index (χ4v) is 2.33. The summed E-state index contributed by atoms with van der Waals surface area (Å²) in [5, 5.41) is 4.71. The standard InChI is InChI=1S/C17H24N2/c1-6-19-17(13(4)5)11-16(18-19)15-9-7-14(8-10-15)12(2)3/h7-13H,6H2,1-5H3. The highest BCUT2D eigenvalue weighted by Crippen LogP contribution is 2.25.